The molecule has 0 aliphatic rings. The molecular formula is C117H100FN15O14S. The molecule has 12 aromatic heterocycles. The van der Waals surface area contributed by atoms with Crippen molar-refractivity contribution in [1.82, 2.24) is 71.7 Å². The monoisotopic (exact) mass is 1990 g/mol. The lowest BCUT2D eigenvalue weighted by atomic mass is 10.1. The molecule has 0 bridgehead atoms. The molecule has 0 amide bonds. The normalized spacial score (nSPS) is 10.5. The molecule has 148 heavy (non-hydrogen) atoms. The fraction of sp³-hybridized carbons (Fsp3) is 0.145. The number of nitrogens with zero attached hydrogens (tertiary/aromatic N) is 15. The fourth-order valence-electron chi connectivity index (χ4n) is 14.7. The predicted molar refractivity (Wildman–Crippen MR) is 564 cm³/mol. The second-order valence-electron chi connectivity index (χ2n) is 33.7. The van der Waals surface area contributed by atoms with Gasteiger partial charge < -0.3 is 36.2 Å². The Bertz CT molecular complexity index is 8210. The first-order valence-electron chi connectivity index (χ1n) is 46.4. The minimum atomic E-state index is -0.311. The van der Waals surface area contributed by atoms with Crippen molar-refractivity contribution in [3.8, 4) is 36.5 Å². The number of carbonyl (C=O) groups is 6. The van der Waals surface area contributed by atoms with E-state index in [1.165, 1.54) is 118 Å². The van der Waals surface area contributed by atoms with Gasteiger partial charge in [-0.25, -0.2) is 19.3 Å². The van der Waals surface area contributed by atoms with Crippen LogP contribution in [0.5, 0.6) is 0 Å². The number of terminal acetylenes is 2. The maximum atomic E-state index is 13.0. The van der Waals surface area contributed by atoms with Crippen LogP contribution in [0.1, 0.15) is 170 Å². The van der Waals surface area contributed by atoms with Crippen LogP contribution in [-0.4, -0.2) is 106 Å². The first kappa shape index (κ1) is 106. The number of pyridine rings is 6. The SMILES string of the molecule is C#Cc1ccc(=O)n(CC(=O)c2cc(C)n(Cc3ccccc3)n2)c1.C#Cc1ccc(=O)n(CC(=O)c2coc(Cc3ccccc3)n2)c1.C=Cc1ccc(=O)n(CC(=O)c2coc(Cc3ccccc3)n2)c1.C=Cc1ccc(=O)n(CC(=O)c2csc(Cc3ccccc3)n2)c1.CC#Cc1ccc(=O)n(CC(=O)c2cc(C)n(Cc3ccc(F)cc3)n2)c1.Cc1ccc(=O)n(CC(=O)c2cc(C)n(Cc3ccccc3)n2)c1. The first-order chi connectivity index (χ1) is 71.5. The fourth-order valence-corrected chi connectivity index (χ4v) is 15.5. The third-order valence-corrected chi connectivity index (χ3v) is 23.4. The number of benzene rings is 6. The number of thiazole rings is 1. The number of Topliss-reactive ketones (excluding diaryl/α,β-unsaturated/α-hetero) is 6. The zero-order valence-corrected chi connectivity index (χ0v) is 82.3. The van der Waals surface area contributed by atoms with Crippen LogP contribution >= 0.6 is 11.3 Å². The molecule has 12 heterocycles. The molecule has 0 unspecified atom stereocenters. The summed E-state index contributed by atoms with van der Waals surface area (Å²) < 4.78 is 37.1. The Kier molecular flexibility index (Phi) is 37.3. The van der Waals surface area contributed by atoms with Gasteiger partial charge in [0.15, 0.2) is 11.8 Å². The number of aromatic nitrogens is 15. The van der Waals surface area contributed by atoms with Crippen LogP contribution in [0.4, 0.5) is 4.39 Å². The third kappa shape index (κ3) is 30.9. The van der Waals surface area contributed by atoms with Crippen LogP contribution in [0.3, 0.4) is 0 Å². The molecule has 740 valence electrons. The van der Waals surface area contributed by atoms with E-state index in [2.05, 4.69) is 67.1 Å². The Labute approximate surface area is 853 Å². The lowest BCUT2D eigenvalue weighted by Crippen LogP contribution is -2.23. The van der Waals surface area contributed by atoms with Gasteiger partial charge in [-0.15, -0.1) is 30.1 Å². The van der Waals surface area contributed by atoms with Crippen LogP contribution in [0.2, 0.25) is 0 Å². The number of aryl methyl sites for hydroxylation is 4. The van der Waals surface area contributed by atoms with Gasteiger partial charge in [0, 0.05) is 132 Å². The Morgan fingerprint density at radius 3 is 1.01 bits per heavy atom. The van der Waals surface area contributed by atoms with Crippen LogP contribution < -0.4 is 33.4 Å². The number of oxazole rings is 2. The van der Waals surface area contributed by atoms with E-state index in [-0.39, 0.29) is 130 Å². The number of halogens is 1. The van der Waals surface area contributed by atoms with E-state index in [0.29, 0.717) is 84.5 Å². The molecule has 0 atom stereocenters. The summed E-state index contributed by atoms with van der Waals surface area (Å²) in [4.78, 5) is 159. The van der Waals surface area contributed by atoms with Gasteiger partial charge in [-0.2, -0.15) is 15.3 Å². The predicted octanol–water partition coefficient (Wildman–Crippen LogP) is 16.3. The molecule has 0 saturated carbocycles. The van der Waals surface area contributed by atoms with Crippen LogP contribution in [0.15, 0.2) is 373 Å². The van der Waals surface area contributed by atoms with Crippen molar-refractivity contribution >= 4 is 58.2 Å². The maximum absolute atomic E-state index is 13.0. The molecule has 0 fully saturated rings. The van der Waals surface area contributed by atoms with E-state index in [1.54, 1.807) is 119 Å². The summed E-state index contributed by atoms with van der Waals surface area (Å²) in [6, 6.07) is 78.8. The van der Waals surface area contributed by atoms with E-state index in [9.17, 15) is 61.9 Å². The summed E-state index contributed by atoms with van der Waals surface area (Å²) >= 11 is 1.46. The molecule has 6 aromatic carbocycles. The van der Waals surface area contributed by atoms with E-state index in [0.717, 1.165) is 72.2 Å². The Balaban J connectivity index is 0.000000148. The maximum Gasteiger partial charge on any atom is 0.251 e. The summed E-state index contributed by atoms with van der Waals surface area (Å²) in [5, 5.41) is 15.8. The second kappa shape index (κ2) is 52.0. The van der Waals surface area contributed by atoms with Crippen molar-refractivity contribution < 1.29 is 42.0 Å². The molecule has 0 aliphatic heterocycles. The molecular weight excluding hydrogens is 1890 g/mol. The number of hydrogen-bond acceptors (Lipinski definition) is 21. The summed E-state index contributed by atoms with van der Waals surface area (Å²) in [7, 11) is 0. The van der Waals surface area contributed by atoms with Gasteiger partial charge in [-0.3, -0.25) is 71.6 Å². The van der Waals surface area contributed by atoms with Crippen molar-refractivity contribution in [3.05, 3.63) is 538 Å². The van der Waals surface area contributed by atoms with Crippen molar-refractivity contribution in [2.24, 2.45) is 0 Å². The lowest BCUT2D eigenvalue weighted by molar-refractivity contribution is 0.0957. The highest BCUT2D eigenvalue weighted by atomic mass is 32.1. The number of rotatable bonds is 32. The molecule has 0 saturated heterocycles. The highest BCUT2D eigenvalue weighted by molar-refractivity contribution is 7.09. The smallest absolute Gasteiger partial charge is 0.251 e. The third-order valence-electron chi connectivity index (χ3n) is 22.6. The molecule has 0 spiro atoms. The van der Waals surface area contributed by atoms with Gasteiger partial charge in [-0.1, -0.05) is 213 Å². The van der Waals surface area contributed by atoms with E-state index < -0.39 is 0 Å². The standard InChI is InChI=1S/C21H18FN3O2.C20H17N3O2.C19H19N3O2.C19H16N2O3.C19H14N2O3.C19H16N2O2S/c1-3-4-16-7-10-21(27)24(12-16)14-20(26)19-11-15(2)25(23-19)13-17-5-8-18(22)9-6-17;1-3-16-9-10-20(25)22(12-16)14-19(24)18-11-15(2)23(21-18)13-17-7-5-4-6-8-17;1-14-8-9-19(24)21(11-14)13-18(23)17-10-15(2)22(20-17)12-16-6-4-3-5-7-16;3*1-2-14-8-9-19(23)21(11-14)12-17(22)16-13-24-18(20-16)10-15-6-4-3-5-7-15/h5-12H,13-14H2,1-2H3;1,4-12H,13-14H2,2H3;3-11H,12-13H2,1-2H3;2-9,11,13H,1,10,12H2;1,3-9,11,13H,10,12H2;2-9,11,13H,1,10,12H2. The molecule has 0 radical (unpaired) electrons. The average Bonchev–Trinajstić information content (AvgIpc) is 1.69. The Hall–Kier alpha value is -19.2. The molecule has 0 N–H and O–H groups in total. The molecule has 0 aliphatic carbocycles. The number of ketones is 6. The first-order valence-corrected chi connectivity index (χ1v) is 47.3. The van der Waals surface area contributed by atoms with E-state index in [1.807, 2.05) is 184 Å². The summed E-state index contributed by atoms with van der Waals surface area (Å²) in [6.45, 7) is 17.8. The topological polar surface area (TPSA) is 353 Å². The van der Waals surface area contributed by atoms with Crippen LogP contribution in [0.25, 0.3) is 12.2 Å². The Morgan fingerprint density at radius 2 is 0.655 bits per heavy atom. The van der Waals surface area contributed by atoms with Crippen molar-refractivity contribution in [2.45, 2.75) is 113 Å². The zero-order valence-electron chi connectivity index (χ0n) is 81.5. The summed E-state index contributed by atoms with van der Waals surface area (Å²) in [6.07, 6.45) is 27.7. The molecule has 29 nitrogen and oxygen atoms in total. The van der Waals surface area contributed by atoms with Gasteiger partial charge in [-0.05, 0) is 145 Å². The van der Waals surface area contributed by atoms with Crippen LogP contribution in [0, 0.1) is 70.0 Å². The second-order valence-corrected chi connectivity index (χ2v) is 34.7. The van der Waals surface area contributed by atoms with Crippen molar-refractivity contribution in [1.29, 1.82) is 0 Å². The van der Waals surface area contributed by atoms with Crippen LogP contribution in [-0.2, 0) is 78.2 Å². The van der Waals surface area contributed by atoms with Gasteiger partial charge in [0.2, 0.25) is 34.7 Å². The average molecular weight is 1990 g/mol. The van der Waals surface area contributed by atoms with Gasteiger partial charge >= 0.3 is 0 Å². The number of carbonyl (C=O) groups excluding carboxylic acids is 6. The van der Waals surface area contributed by atoms with Crippen molar-refractivity contribution in [2.75, 3.05) is 0 Å². The van der Waals surface area contributed by atoms with E-state index in [4.69, 9.17) is 21.7 Å². The van der Waals surface area contributed by atoms with Gasteiger partial charge in [0.25, 0.3) is 33.4 Å². The summed E-state index contributed by atoms with van der Waals surface area (Å²) in [5.41, 5.74) is 13.6. The highest BCUT2D eigenvalue weighted by Crippen LogP contribution is 2.20. The minimum Gasteiger partial charge on any atom is -0.448 e. The van der Waals surface area contributed by atoms with Gasteiger partial charge in [0.1, 0.15) is 52.5 Å². The lowest BCUT2D eigenvalue weighted by Gasteiger charge is -2.05. The summed E-state index contributed by atoms with van der Waals surface area (Å²) in [5.74, 6) is 9.72. The molecule has 18 aromatic rings. The van der Waals surface area contributed by atoms with E-state index >= 15 is 0 Å². The van der Waals surface area contributed by atoms with Gasteiger partial charge in [0.05, 0.1) is 63.9 Å². The molecule has 18 rings (SSSR count). The zero-order chi connectivity index (χ0) is 105. The quantitative estimate of drug-likeness (QED) is 0.0279. The highest BCUT2D eigenvalue weighted by Gasteiger charge is 2.22. The molecule has 31 heteroatoms. The largest absolute Gasteiger partial charge is 0.448 e. The Morgan fingerprint density at radius 1 is 0.351 bits per heavy atom. The minimum absolute atomic E-state index is 0.00229. The number of hydrogen-bond donors (Lipinski definition) is 0. The van der Waals surface area contributed by atoms with Crippen molar-refractivity contribution in [3.63, 3.8) is 0 Å².